The molecule has 2 amide bonds. The van der Waals surface area contributed by atoms with Gasteiger partial charge in [-0.25, -0.2) is 0 Å². The highest BCUT2D eigenvalue weighted by Crippen LogP contribution is 2.22. The predicted octanol–water partition coefficient (Wildman–Crippen LogP) is -0.354. The highest BCUT2D eigenvalue weighted by molar-refractivity contribution is 5.99. The van der Waals surface area contributed by atoms with Gasteiger partial charge in [0.1, 0.15) is 0 Å². The lowest BCUT2D eigenvalue weighted by Crippen LogP contribution is -2.44. The van der Waals surface area contributed by atoms with Gasteiger partial charge in [0.15, 0.2) is 0 Å². The molecule has 24 heavy (non-hydrogen) atoms. The van der Waals surface area contributed by atoms with Gasteiger partial charge in [-0.15, -0.1) is 0 Å². The second kappa shape index (κ2) is 8.30. The van der Waals surface area contributed by atoms with E-state index in [0.29, 0.717) is 31.6 Å². The summed E-state index contributed by atoms with van der Waals surface area (Å²) in [6.07, 6.45) is 0.541. The first-order valence-electron chi connectivity index (χ1n) is 7.86. The highest BCUT2D eigenvalue weighted by Gasteiger charge is 2.26. The zero-order valence-electron chi connectivity index (χ0n) is 13.4. The fourth-order valence-electron chi connectivity index (χ4n) is 2.54. The summed E-state index contributed by atoms with van der Waals surface area (Å²) in [6, 6.07) is 5.61. The predicted molar refractivity (Wildman–Crippen MR) is 88.9 cm³/mol. The molecule has 130 valence electrons. The zero-order valence-corrected chi connectivity index (χ0v) is 13.4. The van der Waals surface area contributed by atoms with Gasteiger partial charge in [-0.05, 0) is 24.1 Å². The average Bonchev–Trinajstić information content (AvgIpc) is 2.55. The van der Waals surface area contributed by atoms with Gasteiger partial charge in [-0.2, -0.15) is 0 Å². The summed E-state index contributed by atoms with van der Waals surface area (Å²) in [5, 5.41) is 14.2. The fourth-order valence-corrected chi connectivity index (χ4v) is 2.54. The Kier molecular flexibility index (Phi) is 6.14. The van der Waals surface area contributed by atoms with Crippen LogP contribution < -0.4 is 16.4 Å². The quantitative estimate of drug-likeness (QED) is 0.515. The average molecular weight is 334 g/mol. The number of benzene rings is 1. The van der Waals surface area contributed by atoms with Crippen LogP contribution in [-0.4, -0.2) is 60.5 Å². The highest BCUT2D eigenvalue weighted by atomic mass is 16.4. The van der Waals surface area contributed by atoms with Crippen molar-refractivity contribution in [3.05, 3.63) is 29.3 Å². The Balaban J connectivity index is 1.97. The molecule has 0 fully saturated rings. The summed E-state index contributed by atoms with van der Waals surface area (Å²) < 4.78 is 0. The molecule has 8 heteroatoms. The van der Waals surface area contributed by atoms with Crippen molar-refractivity contribution in [2.75, 3.05) is 38.0 Å². The Morgan fingerprint density at radius 1 is 1.29 bits per heavy atom. The molecular weight excluding hydrogens is 312 g/mol. The number of carboxylic acids is 1. The molecule has 0 aromatic heterocycles. The number of fused-ring (bicyclic) bond motifs is 1. The Labute approximate surface area is 140 Å². The molecule has 8 nitrogen and oxygen atoms in total. The number of hydrogen-bond acceptors (Lipinski definition) is 5. The van der Waals surface area contributed by atoms with E-state index in [0.717, 1.165) is 11.3 Å². The molecule has 5 N–H and O–H groups in total. The molecule has 0 bridgehead atoms. The van der Waals surface area contributed by atoms with Crippen LogP contribution in [0.2, 0.25) is 0 Å². The molecule has 0 unspecified atom stereocenters. The van der Waals surface area contributed by atoms with Crippen LogP contribution in [-0.2, 0) is 16.0 Å². The lowest BCUT2D eigenvalue weighted by molar-refractivity contribution is -0.136. The van der Waals surface area contributed by atoms with Crippen molar-refractivity contribution in [3.63, 3.8) is 0 Å². The Hall–Kier alpha value is -2.61. The first-order chi connectivity index (χ1) is 11.5. The standard InChI is InChI=1S/C16H22N4O4/c17-5-7-18-12-2-1-11-4-8-20(16(24)13(11)9-12)10-14(21)19-6-3-15(22)23/h1-2,9,18H,3-8,10,17H2,(H,19,21)(H,22,23). The number of nitrogens with one attached hydrogen (secondary N) is 2. The molecule has 1 aliphatic rings. The van der Waals surface area contributed by atoms with E-state index in [4.69, 9.17) is 10.8 Å². The molecule has 2 rings (SSSR count). The van der Waals surface area contributed by atoms with E-state index in [-0.39, 0.29) is 31.3 Å². The van der Waals surface area contributed by atoms with Crippen molar-refractivity contribution in [3.8, 4) is 0 Å². The van der Waals surface area contributed by atoms with Gasteiger partial charge in [-0.1, -0.05) is 6.07 Å². The first-order valence-corrected chi connectivity index (χ1v) is 7.86. The first kappa shape index (κ1) is 17.7. The number of rotatable bonds is 8. The van der Waals surface area contributed by atoms with E-state index < -0.39 is 5.97 Å². The van der Waals surface area contributed by atoms with Crippen LogP contribution in [0.4, 0.5) is 5.69 Å². The van der Waals surface area contributed by atoms with Gasteiger partial charge in [0.05, 0.1) is 13.0 Å². The topological polar surface area (TPSA) is 125 Å². The maximum Gasteiger partial charge on any atom is 0.305 e. The van der Waals surface area contributed by atoms with E-state index in [1.54, 1.807) is 6.07 Å². The number of amides is 2. The van der Waals surface area contributed by atoms with E-state index in [2.05, 4.69) is 10.6 Å². The van der Waals surface area contributed by atoms with Crippen molar-refractivity contribution in [2.24, 2.45) is 5.73 Å². The summed E-state index contributed by atoms with van der Waals surface area (Å²) in [7, 11) is 0. The fraction of sp³-hybridized carbons (Fsp3) is 0.438. The van der Waals surface area contributed by atoms with Crippen molar-refractivity contribution < 1.29 is 19.5 Å². The van der Waals surface area contributed by atoms with Crippen LogP contribution in [0.15, 0.2) is 18.2 Å². The second-order valence-corrected chi connectivity index (χ2v) is 5.56. The number of aliphatic carboxylic acids is 1. The van der Waals surface area contributed by atoms with Crippen LogP contribution in [0.3, 0.4) is 0 Å². The van der Waals surface area contributed by atoms with Gasteiger partial charge < -0.3 is 26.4 Å². The van der Waals surface area contributed by atoms with Gasteiger partial charge >= 0.3 is 5.97 Å². The van der Waals surface area contributed by atoms with Crippen molar-refractivity contribution in [1.82, 2.24) is 10.2 Å². The third kappa shape index (κ3) is 4.69. The van der Waals surface area contributed by atoms with Crippen molar-refractivity contribution in [2.45, 2.75) is 12.8 Å². The number of carbonyl (C=O) groups excluding carboxylic acids is 2. The number of nitrogens with two attached hydrogens (primary N) is 1. The summed E-state index contributed by atoms with van der Waals surface area (Å²) in [5.74, 6) is -1.53. The summed E-state index contributed by atoms with van der Waals surface area (Å²) >= 11 is 0. The minimum atomic E-state index is -0.976. The lowest BCUT2D eigenvalue weighted by Gasteiger charge is -2.28. The van der Waals surface area contributed by atoms with Crippen LogP contribution in [0, 0.1) is 0 Å². The van der Waals surface area contributed by atoms with E-state index in [1.807, 2.05) is 12.1 Å². The minimum absolute atomic E-state index is 0.0555. The molecule has 0 spiro atoms. The third-order valence-electron chi connectivity index (χ3n) is 3.75. The van der Waals surface area contributed by atoms with E-state index in [1.165, 1.54) is 4.90 Å². The van der Waals surface area contributed by atoms with Crippen LogP contribution in [0.25, 0.3) is 0 Å². The molecule has 1 aromatic rings. The van der Waals surface area contributed by atoms with Crippen molar-refractivity contribution in [1.29, 1.82) is 0 Å². The Morgan fingerprint density at radius 3 is 2.79 bits per heavy atom. The maximum absolute atomic E-state index is 12.6. The SMILES string of the molecule is NCCNc1ccc2c(c1)C(=O)N(CC(=O)NCCC(=O)O)CC2. The summed E-state index contributed by atoms with van der Waals surface area (Å²) in [5.41, 5.74) is 7.82. The number of nitrogens with zero attached hydrogens (tertiary/aromatic N) is 1. The molecule has 0 saturated carbocycles. The van der Waals surface area contributed by atoms with Gasteiger partial charge in [-0.3, -0.25) is 14.4 Å². The smallest absolute Gasteiger partial charge is 0.305 e. The molecule has 1 heterocycles. The molecular formula is C16H22N4O4. The van der Waals surface area contributed by atoms with Gasteiger partial charge in [0.25, 0.3) is 5.91 Å². The summed E-state index contributed by atoms with van der Waals surface area (Å²) in [6.45, 7) is 1.56. The largest absolute Gasteiger partial charge is 0.481 e. The van der Waals surface area contributed by atoms with E-state index >= 15 is 0 Å². The minimum Gasteiger partial charge on any atom is -0.481 e. The van der Waals surface area contributed by atoms with Gasteiger partial charge in [0.2, 0.25) is 5.91 Å². The second-order valence-electron chi connectivity index (χ2n) is 5.56. The van der Waals surface area contributed by atoms with Crippen LogP contribution >= 0.6 is 0 Å². The van der Waals surface area contributed by atoms with Crippen molar-refractivity contribution >= 4 is 23.5 Å². The zero-order chi connectivity index (χ0) is 17.5. The molecule has 1 aliphatic heterocycles. The molecule has 0 saturated heterocycles. The Bertz CT molecular complexity index is 633. The summed E-state index contributed by atoms with van der Waals surface area (Å²) in [4.78, 5) is 36.3. The molecule has 0 aliphatic carbocycles. The van der Waals surface area contributed by atoms with E-state index in [9.17, 15) is 14.4 Å². The number of carboxylic acid groups (broad SMARTS) is 1. The Morgan fingerprint density at radius 2 is 2.08 bits per heavy atom. The monoisotopic (exact) mass is 334 g/mol. The molecule has 0 radical (unpaired) electrons. The van der Waals surface area contributed by atoms with Crippen LogP contribution in [0.1, 0.15) is 22.3 Å². The maximum atomic E-state index is 12.6. The molecule has 0 atom stereocenters. The van der Waals surface area contributed by atoms with Gasteiger partial charge in [0, 0.05) is 37.4 Å². The lowest BCUT2D eigenvalue weighted by atomic mass is 9.98. The normalized spacial score (nSPS) is 13.4. The number of anilines is 1. The number of carbonyl (C=O) groups is 3. The third-order valence-corrected chi connectivity index (χ3v) is 3.75. The molecule has 1 aromatic carbocycles. The number of hydrogen-bond donors (Lipinski definition) is 4. The van der Waals surface area contributed by atoms with Crippen LogP contribution in [0.5, 0.6) is 0 Å².